The Morgan fingerprint density at radius 3 is 2.75 bits per heavy atom. The number of rotatable bonds is 6. The fourth-order valence-corrected chi connectivity index (χ4v) is 1.84. The van der Waals surface area contributed by atoms with E-state index in [9.17, 15) is 20.3 Å². The summed E-state index contributed by atoms with van der Waals surface area (Å²) >= 11 is 5.72. The second-order valence-electron chi connectivity index (χ2n) is 3.94. The van der Waals surface area contributed by atoms with Gasteiger partial charge in [-0.1, -0.05) is 16.7 Å². The van der Waals surface area contributed by atoms with Crippen LogP contribution in [0.3, 0.4) is 0 Å². The van der Waals surface area contributed by atoms with E-state index in [0.717, 1.165) is 6.07 Å². The van der Waals surface area contributed by atoms with Crippen molar-refractivity contribution in [2.45, 2.75) is 18.6 Å². The van der Waals surface area contributed by atoms with Crippen molar-refractivity contribution in [2.24, 2.45) is 5.11 Å². The molecule has 0 saturated heterocycles. The Bertz CT molecular complexity index is 561. The highest BCUT2D eigenvalue weighted by molar-refractivity contribution is 6.31. The van der Waals surface area contributed by atoms with Gasteiger partial charge in [0.15, 0.2) is 0 Å². The first-order valence-corrected chi connectivity index (χ1v) is 5.86. The lowest BCUT2D eigenvalue weighted by Gasteiger charge is -2.19. The molecule has 0 amide bonds. The minimum Gasteiger partial charge on any atom is -0.393 e. The summed E-state index contributed by atoms with van der Waals surface area (Å²) in [4.78, 5) is 12.6. The predicted molar refractivity (Wildman–Crippen MR) is 72.1 cm³/mol. The first-order valence-electron chi connectivity index (χ1n) is 5.48. The number of nitro groups is 1. The van der Waals surface area contributed by atoms with Crippen LogP contribution in [0, 0.1) is 10.1 Å². The third-order valence-electron chi connectivity index (χ3n) is 2.62. The van der Waals surface area contributed by atoms with Gasteiger partial charge in [-0.3, -0.25) is 10.1 Å². The van der Waals surface area contributed by atoms with Gasteiger partial charge in [0.1, 0.15) is 11.8 Å². The van der Waals surface area contributed by atoms with Crippen LogP contribution >= 0.6 is 11.6 Å². The first kappa shape index (κ1) is 16.0. The molecule has 0 radical (unpaired) electrons. The predicted octanol–water partition coefficient (Wildman–Crippen LogP) is 1.93. The summed E-state index contributed by atoms with van der Waals surface area (Å²) in [6, 6.07) is 2.30. The number of aliphatic hydroxyl groups excluding tert-OH is 2. The van der Waals surface area contributed by atoms with E-state index >= 15 is 0 Å². The third-order valence-corrected chi connectivity index (χ3v) is 2.84. The van der Waals surface area contributed by atoms with E-state index < -0.39 is 22.8 Å². The van der Waals surface area contributed by atoms with E-state index in [-0.39, 0.29) is 29.2 Å². The second kappa shape index (κ2) is 6.92. The molecule has 0 aliphatic heterocycles. The maximum absolute atomic E-state index is 10.8. The molecule has 0 saturated carbocycles. The number of nitrogens with two attached hydrogens (primary N) is 1. The van der Waals surface area contributed by atoms with Crippen molar-refractivity contribution < 1.29 is 15.1 Å². The monoisotopic (exact) mass is 301 g/mol. The summed E-state index contributed by atoms with van der Waals surface area (Å²) in [6.45, 7) is -0.0305. The Kier molecular flexibility index (Phi) is 5.53. The lowest BCUT2D eigenvalue weighted by atomic mass is 9.99. The lowest BCUT2D eigenvalue weighted by Crippen LogP contribution is -2.20. The maximum atomic E-state index is 10.8. The molecule has 0 fully saturated rings. The number of hydrogen-bond donors (Lipinski definition) is 3. The Balaban J connectivity index is 3.05. The van der Waals surface area contributed by atoms with E-state index in [1.807, 2.05) is 0 Å². The van der Waals surface area contributed by atoms with Gasteiger partial charge in [-0.05, 0) is 18.0 Å². The molecule has 10 heteroatoms. The molecule has 4 N–H and O–H groups in total. The van der Waals surface area contributed by atoms with Crippen molar-refractivity contribution in [1.82, 2.24) is 0 Å². The summed E-state index contributed by atoms with van der Waals surface area (Å²) in [5.74, 6) is 0. The lowest BCUT2D eigenvalue weighted by molar-refractivity contribution is -0.384. The summed E-state index contributed by atoms with van der Waals surface area (Å²) in [6.07, 6.45) is -2.78. The Hall–Kier alpha value is -2.06. The van der Waals surface area contributed by atoms with Crippen molar-refractivity contribution in [3.05, 3.63) is 43.3 Å². The highest BCUT2D eigenvalue weighted by atomic mass is 35.5. The molecule has 108 valence electrons. The van der Waals surface area contributed by atoms with Gasteiger partial charge in [-0.15, -0.1) is 0 Å². The molecule has 0 spiro atoms. The number of benzene rings is 1. The van der Waals surface area contributed by atoms with Crippen LogP contribution in [0.15, 0.2) is 17.2 Å². The van der Waals surface area contributed by atoms with Gasteiger partial charge in [0, 0.05) is 28.1 Å². The van der Waals surface area contributed by atoms with Gasteiger partial charge in [0.2, 0.25) is 0 Å². The van der Waals surface area contributed by atoms with Crippen molar-refractivity contribution in [2.75, 3.05) is 12.3 Å². The van der Waals surface area contributed by atoms with Crippen molar-refractivity contribution >= 4 is 23.0 Å². The highest BCUT2D eigenvalue weighted by Crippen LogP contribution is 2.34. The Labute approximate surface area is 118 Å². The molecule has 0 aromatic heterocycles. The van der Waals surface area contributed by atoms with Crippen LogP contribution in [0.4, 0.5) is 11.4 Å². The zero-order valence-corrected chi connectivity index (χ0v) is 10.9. The minimum atomic E-state index is -1.47. The number of azide groups is 1. The number of halogens is 1. The summed E-state index contributed by atoms with van der Waals surface area (Å²) in [5, 5.41) is 33.7. The normalized spacial score (nSPS) is 13.3. The molecule has 1 aromatic carbocycles. The smallest absolute Gasteiger partial charge is 0.293 e. The van der Waals surface area contributed by atoms with Crippen LogP contribution in [0.1, 0.15) is 18.1 Å². The standard InChI is InChI=1S/C10H12ClN5O4/c11-5-3-6(9(12)7(4-5)16(19)20)10(18)8(17)1-2-14-15-13/h3-4,8,10,17-18H,1-2,12H2. The fourth-order valence-electron chi connectivity index (χ4n) is 1.62. The number of nitrogens with zero attached hydrogens (tertiary/aromatic N) is 4. The Morgan fingerprint density at radius 2 is 2.20 bits per heavy atom. The second-order valence-corrected chi connectivity index (χ2v) is 4.38. The quantitative estimate of drug-likeness (QED) is 0.182. The molecule has 0 heterocycles. The van der Waals surface area contributed by atoms with Gasteiger partial charge in [0.05, 0.1) is 11.0 Å². The van der Waals surface area contributed by atoms with E-state index in [2.05, 4.69) is 10.0 Å². The van der Waals surface area contributed by atoms with E-state index in [1.54, 1.807) is 0 Å². The molecule has 1 aromatic rings. The Morgan fingerprint density at radius 1 is 1.55 bits per heavy atom. The summed E-state index contributed by atoms with van der Waals surface area (Å²) in [7, 11) is 0. The van der Waals surface area contributed by atoms with Crippen LogP contribution in [-0.2, 0) is 0 Å². The molecular formula is C10H12ClN5O4. The molecular weight excluding hydrogens is 290 g/mol. The topological polar surface area (TPSA) is 158 Å². The average molecular weight is 302 g/mol. The van der Waals surface area contributed by atoms with Crippen LogP contribution in [-0.4, -0.2) is 27.8 Å². The van der Waals surface area contributed by atoms with Crippen molar-refractivity contribution in [3.8, 4) is 0 Å². The number of anilines is 1. The molecule has 20 heavy (non-hydrogen) atoms. The molecule has 0 bridgehead atoms. The van der Waals surface area contributed by atoms with Gasteiger partial charge >= 0.3 is 0 Å². The maximum Gasteiger partial charge on any atom is 0.293 e. The zero-order valence-electron chi connectivity index (χ0n) is 10.2. The van der Waals surface area contributed by atoms with E-state index in [1.165, 1.54) is 6.07 Å². The largest absolute Gasteiger partial charge is 0.393 e. The first-order chi connectivity index (χ1) is 9.38. The van der Waals surface area contributed by atoms with Crippen LogP contribution in [0.2, 0.25) is 5.02 Å². The van der Waals surface area contributed by atoms with Crippen LogP contribution in [0.25, 0.3) is 10.4 Å². The van der Waals surface area contributed by atoms with Crippen LogP contribution in [0.5, 0.6) is 0 Å². The van der Waals surface area contributed by atoms with Crippen LogP contribution < -0.4 is 5.73 Å². The van der Waals surface area contributed by atoms with Crippen molar-refractivity contribution in [3.63, 3.8) is 0 Å². The van der Waals surface area contributed by atoms with Crippen molar-refractivity contribution in [1.29, 1.82) is 0 Å². The molecule has 1 rings (SSSR count). The van der Waals surface area contributed by atoms with Gasteiger partial charge in [0.25, 0.3) is 5.69 Å². The fraction of sp³-hybridized carbons (Fsp3) is 0.400. The summed E-state index contributed by atoms with van der Waals surface area (Å²) in [5.41, 5.74) is 12.9. The highest BCUT2D eigenvalue weighted by Gasteiger charge is 2.25. The van der Waals surface area contributed by atoms with E-state index in [0.29, 0.717) is 0 Å². The SMILES string of the molecule is [N-]=[N+]=NCCC(O)C(O)c1cc(Cl)cc([N+](=O)[O-])c1N. The number of hydrogen-bond acceptors (Lipinski definition) is 6. The average Bonchev–Trinajstić information content (AvgIpc) is 2.40. The molecule has 9 nitrogen and oxygen atoms in total. The van der Waals surface area contributed by atoms with E-state index in [4.69, 9.17) is 22.9 Å². The van der Waals surface area contributed by atoms with Gasteiger partial charge < -0.3 is 15.9 Å². The minimum absolute atomic E-state index is 0.0159. The molecule has 0 aliphatic rings. The number of nitrogen functional groups attached to an aromatic ring is 1. The third kappa shape index (κ3) is 3.72. The van der Waals surface area contributed by atoms with Gasteiger partial charge in [-0.2, -0.15) is 0 Å². The summed E-state index contributed by atoms with van der Waals surface area (Å²) < 4.78 is 0. The van der Waals surface area contributed by atoms with Gasteiger partial charge in [-0.25, -0.2) is 0 Å². The molecule has 2 unspecified atom stereocenters. The number of nitro benzene ring substituents is 1. The molecule has 0 aliphatic carbocycles. The number of aliphatic hydroxyl groups is 2. The zero-order chi connectivity index (χ0) is 15.3. The molecule has 2 atom stereocenters.